The molecule has 15 heavy (non-hydrogen) atoms. The smallest absolute Gasteiger partial charge is 0.160 e. The monoisotopic (exact) mass is 276 g/mol. The Balaban J connectivity index is 1.75. The Morgan fingerprint density at radius 3 is 2.20 bits per heavy atom. The first-order valence-electron chi connectivity index (χ1n) is 6.17. The molecular formula is C12H21BrO2. The lowest BCUT2D eigenvalue weighted by molar-refractivity contribution is -0.228. The lowest BCUT2D eigenvalue weighted by Gasteiger charge is -2.36. The molecule has 0 unspecified atom stereocenters. The molecule has 0 spiro atoms. The van der Waals surface area contributed by atoms with Gasteiger partial charge in [-0.15, -0.1) is 0 Å². The number of hydrogen-bond acceptors (Lipinski definition) is 2. The first kappa shape index (κ1) is 11.9. The third-order valence-electron chi connectivity index (χ3n) is 3.66. The Labute approximate surface area is 101 Å². The van der Waals surface area contributed by atoms with Gasteiger partial charge in [0.05, 0.1) is 13.2 Å². The Hall–Kier alpha value is 0.400. The van der Waals surface area contributed by atoms with Crippen molar-refractivity contribution in [2.24, 2.45) is 11.8 Å². The van der Waals surface area contributed by atoms with Crippen LogP contribution in [0.1, 0.15) is 39.0 Å². The molecule has 3 heteroatoms. The van der Waals surface area contributed by atoms with Crippen LogP contribution < -0.4 is 0 Å². The molecule has 0 bridgehead atoms. The van der Waals surface area contributed by atoms with Crippen molar-refractivity contribution in [1.29, 1.82) is 0 Å². The molecule has 2 rings (SSSR count). The molecule has 0 aromatic rings. The molecule has 1 aliphatic carbocycles. The summed E-state index contributed by atoms with van der Waals surface area (Å²) in [6, 6.07) is 0. The highest BCUT2D eigenvalue weighted by Gasteiger charge is 2.31. The van der Waals surface area contributed by atoms with Crippen LogP contribution in [0.25, 0.3) is 0 Å². The first-order valence-corrected chi connectivity index (χ1v) is 7.08. The van der Waals surface area contributed by atoms with E-state index >= 15 is 0 Å². The number of ether oxygens (including phenoxy) is 2. The van der Waals surface area contributed by atoms with Gasteiger partial charge >= 0.3 is 0 Å². The standard InChI is InChI=1S/C12H21BrO2/c1-2-9-7-14-12(15-8-9)10-3-5-11(13)6-4-10/h9-12H,2-8H2,1H3. The molecule has 1 saturated heterocycles. The fourth-order valence-electron chi connectivity index (χ4n) is 2.42. The van der Waals surface area contributed by atoms with Crippen LogP contribution in [0.4, 0.5) is 0 Å². The Bertz CT molecular complexity index is 182. The van der Waals surface area contributed by atoms with Gasteiger partial charge in [0.2, 0.25) is 0 Å². The van der Waals surface area contributed by atoms with Crippen LogP contribution in [0.3, 0.4) is 0 Å². The lowest BCUT2D eigenvalue weighted by Crippen LogP contribution is -2.38. The summed E-state index contributed by atoms with van der Waals surface area (Å²) in [6.45, 7) is 4.00. The van der Waals surface area contributed by atoms with Gasteiger partial charge in [0.25, 0.3) is 0 Å². The minimum atomic E-state index is 0.0906. The molecule has 2 fully saturated rings. The predicted octanol–water partition coefficient (Wildman–Crippen LogP) is 3.34. The quantitative estimate of drug-likeness (QED) is 0.721. The van der Waals surface area contributed by atoms with Crippen molar-refractivity contribution < 1.29 is 9.47 Å². The zero-order chi connectivity index (χ0) is 10.7. The van der Waals surface area contributed by atoms with Crippen LogP contribution in [-0.4, -0.2) is 24.3 Å². The van der Waals surface area contributed by atoms with E-state index in [1.54, 1.807) is 0 Å². The van der Waals surface area contributed by atoms with Gasteiger partial charge in [-0.1, -0.05) is 22.9 Å². The van der Waals surface area contributed by atoms with Crippen LogP contribution >= 0.6 is 15.9 Å². The van der Waals surface area contributed by atoms with Gasteiger partial charge in [0.15, 0.2) is 6.29 Å². The molecular weight excluding hydrogens is 256 g/mol. The molecule has 0 amide bonds. The van der Waals surface area contributed by atoms with E-state index in [1.807, 2.05) is 0 Å². The fraction of sp³-hybridized carbons (Fsp3) is 1.00. The first-order chi connectivity index (χ1) is 7.29. The summed E-state index contributed by atoms with van der Waals surface area (Å²) in [5.74, 6) is 1.25. The van der Waals surface area contributed by atoms with Crippen LogP contribution in [0.15, 0.2) is 0 Å². The van der Waals surface area contributed by atoms with Gasteiger partial charge in [-0.05, 0) is 32.1 Å². The predicted molar refractivity (Wildman–Crippen MR) is 64.1 cm³/mol. The molecule has 0 aromatic heterocycles. The zero-order valence-corrected chi connectivity index (χ0v) is 11.0. The van der Waals surface area contributed by atoms with Crippen molar-refractivity contribution in [3.63, 3.8) is 0 Å². The summed E-state index contributed by atoms with van der Waals surface area (Å²) in [6.07, 6.45) is 6.29. The fourth-order valence-corrected chi connectivity index (χ4v) is 2.95. The minimum Gasteiger partial charge on any atom is -0.352 e. The van der Waals surface area contributed by atoms with E-state index in [0.29, 0.717) is 11.8 Å². The van der Waals surface area contributed by atoms with Crippen LogP contribution in [0.2, 0.25) is 0 Å². The van der Waals surface area contributed by atoms with Crippen molar-refractivity contribution >= 4 is 15.9 Å². The van der Waals surface area contributed by atoms with Gasteiger partial charge in [-0.25, -0.2) is 0 Å². The van der Waals surface area contributed by atoms with Gasteiger partial charge < -0.3 is 9.47 Å². The van der Waals surface area contributed by atoms with Crippen LogP contribution in [0, 0.1) is 11.8 Å². The summed E-state index contributed by atoms with van der Waals surface area (Å²) in [5.41, 5.74) is 0. The normalized spacial score (nSPS) is 42.8. The van der Waals surface area contributed by atoms with Crippen molar-refractivity contribution in [3.05, 3.63) is 0 Å². The second kappa shape index (κ2) is 5.65. The number of hydrogen-bond donors (Lipinski definition) is 0. The third-order valence-corrected chi connectivity index (χ3v) is 4.57. The van der Waals surface area contributed by atoms with E-state index in [0.717, 1.165) is 18.0 Å². The van der Waals surface area contributed by atoms with Crippen molar-refractivity contribution in [3.8, 4) is 0 Å². The van der Waals surface area contributed by atoms with E-state index in [2.05, 4.69) is 22.9 Å². The molecule has 1 saturated carbocycles. The van der Waals surface area contributed by atoms with Gasteiger partial charge in [-0.2, -0.15) is 0 Å². The minimum absolute atomic E-state index is 0.0906. The Morgan fingerprint density at radius 1 is 1.07 bits per heavy atom. The summed E-state index contributed by atoms with van der Waals surface area (Å²) < 4.78 is 11.6. The van der Waals surface area contributed by atoms with E-state index < -0.39 is 0 Å². The molecule has 2 aliphatic rings. The summed E-state index contributed by atoms with van der Waals surface area (Å²) in [7, 11) is 0. The maximum absolute atomic E-state index is 5.82. The van der Waals surface area contributed by atoms with Crippen LogP contribution in [-0.2, 0) is 9.47 Å². The average Bonchev–Trinajstić information content (AvgIpc) is 2.30. The zero-order valence-electron chi connectivity index (χ0n) is 9.45. The largest absolute Gasteiger partial charge is 0.352 e. The maximum atomic E-state index is 5.82. The van der Waals surface area contributed by atoms with E-state index in [-0.39, 0.29) is 6.29 Å². The van der Waals surface area contributed by atoms with Crippen molar-refractivity contribution in [2.75, 3.05) is 13.2 Å². The lowest BCUT2D eigenvalue weighted by atomic mass is 9.88. The average molecular weight is 277 g/mol. The molecule has 1 aliphatic heterocycles. The third kappa shape index (κ3) is 3.18. The molecule has 0 atom stereocenters. The van der Waals surface area contributed by atoms with Crippen molar-refractivity contribution in [2.45, 2.75) is 50.1 Å². The maximum Gasteiger partial charge on any atom is 0.160 e. The second-order valence-electron chi connectivity index (χ2n) is 4.82. The highest BCUT2D eigenvalue weighted by molar-refractivity contribution is 9.09. The highest BCUT2D eigenvalue weighted by atomic mass is 79.9. The Kier molecular flexibility index (Phi) is 4.47. The molecule has 1 heterocycles. The molecule has 0 radical (unpaired) electrons. The number of halogens is 1. The van der Waals surface area contributed by atoms with E-state index in [9.17, 15) is 0 Å². The highest BCUT2D eigenvalue weighted by Crippen LogP contribution is 2.33. The molecule has 0 N–H and O–H groups in total. The van der Waals surface area contributed by atoms with Crippen molar-refractivity contribution in [1.82, 2.24) is 0 Å². The number of alkyl halides is 1. The van der Waals surface area contributed by atoms with Gasteiger partial charge in [-0.3, -0.25) is 0 Å². The Morgan fingerprint density at radius 2 is 1.67 bits per heavy atom. The van der Waals surface area contributed by atoms with Crippen LogP contribution in [0.5, 0.6) is 0 Å². The SMILES string of the molecule is CCC1COC(C2CCC(Br)CC2)OC1. The van der Waals surface area contributed by atoms with Gasteiger partial charge in [0.1, 0.15) is 0 Å². The summed E-state index contributed by atoms with van der Waals surface area (Å²) >= 11 is 3.68. The summed E-state index contributed by atoms with van der Waals surface area (Å²) in [4.78, 5) is 0.723. The second-order valence-corrected chi connectivity index (χ2v) is 6.12. The molecule has 2 nitrogen and oxygen atoms in total. The number of rotatable bonds is 2. The molecule has 88 valence electrons. The summed E-state index contributed by atoms with van der Waals surface area (Å²) in [5, 5.41) is 0. The topological polar surface area (TPSA) is 18.5 Å². The molecule has 0 aromatic carbocycles. The van der Waals surface area contributed by atoms with E-state index in [1.165, 1.54) is 32.1 Å². The van der Waals surface area contributed by atoms with Gasteiger partial charge in [0, 0.05) is 16.7 Å². The van der Waals surface area contributed by atoms with E-state index in [4.69, 9.17) is 9.47 Å².